The monoisotopic (exact) mass is 259 g/mol. The van der Waals surface area contributed by atoms with Gasteiger partial charge in [0, 0.05) is 12.7 Å². The lowest BCUT2D eigenvalue weighted by molar-refractivity contribution is 0.185. The van der Waals surface area contributed by atoms with Crippen molar-refractivity contribution in [3.8, 4) is 11.5 Å². The quantitative estimate of drug-likeness (QED) is 0.911. The molecule has 1 aromatic carbocycles. The molecular weight excluding hydrogens is 242 g/mol. The van der Waals surface area contributed by atoms with E-state index in [0.717, 1.165) is 30.4 Å². The summed E-state index contributed by atoms with van der Waals surface area (Å²) in [5.41, 5.74) is 7.78. The van der Waals surface area contributed by atoms with Crippen molar-refractivity contribution in [2.45, 2.75) is 31.4 Å². The molecule has 100 valence electrons. The summed E-state index contributed by atoms with van der Waals surface area (Å²) in [7, 11) is 1.67. The minimum atomic E-state index is -0.383. The van der Waals surface area contributed by atoms with E-state index in [2.05, 4.69) is 10.1 Å². The van der Waals surface area contributed by atoms with Crippen LogP contribution in [0.3, 0.4) is 0 Å². The van der Waals surface area contributed by atoms with Crippen molar-refractivity contribution in [1.82, 2.24) is 10.1 Å². The average molecular weight is 259 g/mol. The van der Waals surface area contributed by atoms with Crippen molar-refractivity contribution in [2.24, 2.45) is 5.73 Å². The van der Waals surface area contributed by atoms with Gasteiger partial charge in [-0.1, -0.05) is 17.3 Å². The highest BCUT2D eigenvalue weighted by Crippen LogP contribution is 2.37. The zero-order valence-corrected chi connectivity index (χ0v) is 10.9. The van der Waals surface area contributed by atoms with Gasteiger partial charge in [-0.15, -0.1) is 0 Å². The molecule has 2 aromatic rings. The summed E-state index contributed by atoms with van der Waals surface area (Å²) in [5, 5.41) is 4.02. The van der Waals surface area contributed by atoms with Crippen molar-refractivity contribution in [1.29, 1.82) is 0 Å². The molecule has 0 saturated heterocycles. The summed E-state index contributed by atoms with van der Waals surface area (Å²) < 4.78 is 10.4. The van der Waals surface area contributed by atoms with E-state index in [1.165, 1.54) is 0 Å². The van der Waals surface area contributed by atoms with E-state index in [1.54, 1.807) is 7.11 Å². The number of nitrogens with zero attached hydrogens (tertiary/aromatic N) is 2. The molecule has 5 nitrogen and oxygen atoms in total. The Labute approximate surface area is 111 Å². The molecular formula is C14H17N3O2. The molecule has 0 atom stereocenters. The summed E-state index contributed by atoms with van der Waals surface area (Å²) in [6.45, 7) is 0.565. The maximum Gasteiger partial charge on any atom is 0.258 e. The molecule has 0 amide bonds. The predicted octanol–water partition coefficient (Wildman–Crippen LogP) is 2.22. The topological polar surface area (TPSA) is 74.2 Å². The minimum Gasteiger partial charge on any atom is -0.380 e. The molecule has 1 heterocycles. The Hall–Kier alpha value is -1.72. The second-order valence-electron chi connectivity index (χ2n) is 5.07. The highest BCUT2D eigenvalue weighted by atomic mass is 16.5. The van der Waals surface area contributed by atoms with Crippen molar-refractivity contribution in [3.05, 3.63) is 35.7 Å². The first-order valence-corrected chi connectivity index (χ1v) is 6.43. The lowest BCUT2D eigenvalue weighted by Crippen LogP contribution is -2.44. The van der Waals surface area contributed by atoms with Crippen LogP contribution in [0.1, 0.15) is 30.7 Å². The summed E-state index contributed by atoms with van der Waals surface area (Å²) in [5.74, 6) is 1.13. The zero-order valence-electron chi connectivity index (χ0n) is 10.9. The van der Waals surface area contributed by atoms with Crippen molar-refractivity contribution in [2.75, 3.05) is 7.11 Å². The summed E-state index contributed by atoms with van der Waals surface area (Å²) in [6, 6.07) is 7.89. The molecule has 2 N–H and O–H groups in total. The third-order valence-corrected chi connectivity index (χ3v) is 3.60. The molecule has 0 bridgehead atoms. The van der Waals surface area contributed by atoms with Crippen molar-refractivity contribution < 1.29 is 9.26 Å². The first kappa shape index (κ1) is 12.3. The van der Waals surface area contributed by atoms with E-state index in [4.69, 9.17) is 15.0 Å². The maximum atomic E-state index is 6.19. The smallest absolute Gasteiger partial charge is 0.258 e. The van der Waals surface area contributed by atoms with Gasteiger partial charge in [0.15, 0.2) is 5.82 Å². The molecule has 19 heavy (non-hydrogen) atoms. The fraction of sp³-hybridized carbons (Fsp3) is 0.429. The zero-order chi connectivity index (χ0) is 13.3. The summed E-state index contributed by atoms with van der Waals surface area (Å²) in [4.78, 5) is 4.43. The first-order chi connectivity index (χ1) is 9.21. The average Bonchev–Trinajstić information content (AvgIpc) is 2.87. The number of aromatic nitrogens is 2. The molecule has 1 aliphatic rings. The number of benzene rings is 1. The lowest BCUT2D eigenvalue weighted by Gasteiger charge is -2.34. The van der Waals surface area contributed by atoms with Crippen LogP contribution in [0.2, 0.25) is 0 Å². The van der Waals surface area contributed by atoms with Crippen LogP contribution < -0.4 is 5.73 Å². The molecule has 0 unspecified atom stereocenters. The van der Waals surface area contributed by atoms with E-state index >= 15 is 0 Å². The maximum absolute atomic E-state index is 6.19. The van der Waals surface area contributed by atoms with Crippen LogP contribution in [-0.2, 0) is 16.9 Å². The van der Waals surface area contributed by atoms with Crippen LogP contribution in [0.4, 0.5) is 0 Å². The van der Waals surface area contributed by atoms with E-state index in [-0.39, 0.29) is 5.54 Å². The van der Waals surface area contributed by atoms with Crippen LogP contribution in [0.5, 0.6) is 0 Å². The Morgan fingerprint density at radius 1 is 1.42 bits per heavy atom. The number of hydrogen-bond donors (Lipinski definition) is 1. The highest BCUT2D eigenvalue weighted by Gasteiger charge is 2.39. The molecule has 1 saturated carbocycles. The second kappa shape index (κ2) is 4.75. The van der Waals surface area contributed by atoms with E-state index in [9.17, 15) is 0 Å². The van der Waals surface area contributed by atoms with Crippen molar-refractivity contribution >= 4 is 0 Å². The third kappa shape index (κ3) is 2.27. The van der Waals surface area contributed by atoms with Crippen LogP contribution in [0.25, 0.3) is 11.5 Å². The van der Waals surface area contributed by atoms with Gasteiger partial charge in [-0.2, -0.15) is 4.98 Å². The molecule has 5 heteroatoms. The molecule has 1 aromatic heterocycles. The SMILES string of the molecule is COCc1cccc(-c2nc(C3(N)CCC3)no2)c1. The van der Waals surface area contributed by atoms with E-state index in [0.29, 0.717) is 18.3 Å². The minimum absolute atomic E-state index is 0.383. The lowest BCUT2D eigenvalue weighted by atomic mass is 9.77. The highest BCUT2D eigenvalue weighted by molar-refractivity contribution is 5.54. The number of methoxy groups -OCH3 is 1. The van der Waals surface area contributed by atoms with Gasteiger partial charge in [-0.25, -0.2) is 0 Å². The van der Waals surface area contributed by atoms with Crippen LogP contribution in [0.15, 0.2) is 28.8 Å². The van der Waals surface area contributed by atoms with E-state index < -0.39 is 0 Å². The van der Waals surface area contributed by atoms with Gasteiger partial charge in [0.1, 0.15) is 0 Å². The predicted molar refractivity (Wildman–Crippen MR) is 70.2 cm³/mol. The Balaban J connectivity index is 1.88. The van der Waals surface area contributed by atoms with Gasteiger partial charge in [0.05, 0.1) is 12.1 Å². The van der Waals surface area contributed by atoms with Crippen LogP contribution >= 0.6 is 0 Å². The van der Waals surface area contributed by atoms with Crippen LogP contribution in [0, 0.1) is 0 Å². The molecule has 1 fully saturated rings. The van der Waals surface area contributed by atoms with Gasteiger partial charge < -0.3 is 15.0 Å². The fourth-order valence-electron chi connectivity index (χ4n) is 2.29. The Kier molecular flexibility index (Phi) is 3.08. The van der Waals surface area contributed by atoms with Gasteiger partial charge in [0.2, 0.25) is 0 Å². The number of nitrogens with two attached hydrogens (primary N) is 1. The third-order valence-electron chi connectivity index (χ3n) is 3.60. The molecule has 3 rings (SSSR count). The Morgan fingerprint density at radius 2 is 2.26 bits per heavy atom. The number of ether oxygens (including phenoxy) is 1. The largest absolute Gasteiger partial charge is 0.380 e. The normalized spacial score (nSPS) is 17.2. The Bertz CT molecular complexity index is 576. The molecule has 1 aliphatic carbocycles. The van der Waals surface area contributed by atoms with Gasteiger partial charge >= 0.3 is 0 Å². The van der Waals surface area contributed by atoms with Gasteiger partial charge in [-0.3, -0.25) is 0 Å². The van der Waals surface area contributed by atoms with Gasteiger partial charge in [-0.05, 0) is 37.0 Å². The van der Waals surface area contributed by atoms with Crippen molar-refractivity contribution in [3.63, 3.8) is 0 Å². The van der Waals surface area contributed by atoms with Crippen LogP contribution in [-0.4, -0.2) is 17.3 Å². The first-order valence-electron chi connectivity index (χ1n) is 6.43. The molecule has 0 aliphatic heterocycles. The summed E-state index contributed by atoms with van der Waals surface area (Å²) >= 11 is 0. The standard InChI is InChI=1S/C14H17N3O2/c1-18-9-10-4-2-5-11(8-10)12-16-13(17-19-12)14(15)6-3-7-14/h2,4-5,8H,3,6-7,9,15H2,1H3. The fourth-order valence-corrected chi connectivity index (χ4v) is 2.29. The number of rotatable bonds is 4. The second-order valence-corrected chi connectivity index (χ2v) is 5.07. The summed E-state index contributed by atoms with van der Waals surface area (Å²) in [6.07, 6.45) is 2.98. The van der Waals surface area contributed by atoms with E-state index in [1.807, 2.05) is 24.3 Å². The van der Waals surface area contributed by atoms with Gasteiger partial charge in [0.25, 0.3) is 5.89 Å². The molecule has 0 spiro atoms. The molecule has 0 radical (unpaired) electrons. The Morgan fingerprint density at radius 3 is 2.95 bits per heavy atom. The number of hydrogen-bond acceptors (Lipinski definition) is 5.